The average Bonchev–Trinajstić information content (AvgIpc) is 2.33. The van der Waals surface area contributed by atoms with Gasteiger partial charge in [-0.05, 0) is 6.42 Å². The van der Waals surface area contributed by atoms with E-state index in [9.17, 15) is 13.2 Å². The van der Waals surface area contributed by atoms with Gasteiger partial charge in [0.05, 0.1) is 5.69 Å². The molecule has 0 aliphatic rings. The van der Waals surface area contributed by atoms with Crippen molar-refractivity contribution in [3.63, 3.8) is 0 Å². The minimum absolute atomic E-state index is 0.0797. The van der Waals surface area contributed by atoms with Crippen LogP contribution in [-0.2, 0) is 13.0 Å². The Bertz CT molecular complexity index is 304. The predicted octanol–water partition coefficient (Wildman–Crippen LogP) is 1.38. The van der Waals surface area contributed by atoms with Crippen molar-refractivity contribution in [3.8, 4) is 0 Å². The van der Waals surface area contributed by atoms with Crippen LogP contribution >= 0.6 is 0 Å². The molecule has 2 N–H and O–H groups in total. The first-order chi connectivity index (χ1) is 6.44. The lowest BCUT2D eigenvalue weighted by Gasteiger charge is -2.08. The maximum atomic E-state index is 12.0. The van der Waals surface area contributed by atoms with Gasteiger partial charge in [0.25, 0.3) is 0 Å². The number of nitrogen functional groups attached to an aromatic ring is 1. The van der Waals surface area contributed by atoms with Crippen LogP contribution in [0.1, 0.15) is 19.0 Å². The van der Waals surface area contributed by atoms with Crippen molar-refractivity contribution in [2.24, 2.45) is 0 Å². The fraction of sp³-hybridized carbons (Fsp3) is 0.714. The Morgan fingerprint density at radius 3 is 2.57 bits per heavy atom. The Morgan fingerprint density at radius 1 is 1.43 bits per heavy atom. The molecule has 0 atom stereocenters. The molecule has 1 rings (SSSR count). The predicted molar refractivity (Wildman–Crippen MR) is 44.5 cm³/mol. The van der Waals surface area contributed by atoms with Crippen molar-refractivity contribution in [3.05, 3.63) is 5.69 Å². The molecule has 0 spiro atoms. The highest BCUT2D eigenvalue weighted by molar-refractivity contribution is 5.32. The molecular formula is C7H11F3N4. The molecule has 0 aliphatic carbocycles. The summed E-state index contributed by atoms with van der Waals surface area (Å²) >= 11 is 0. The van der Waals surface area contributed by atoms with Crippen molar-refractivity contribution in [2.75, 3.05) is 5.73 Å². The number of anilines is 1. The van der Waals surface area contributed by atoms with Crippen LogP contribution in [0.15, 0.2) is 0 Å². The van der Waals surface area contributed by atoms with Gasteiger partial charge in [-0.15, -0.1) is 5.10 Å². The number of aromatic nitrogens is 3. The lowest BCUT2D eigenvalue weighted by molar-refractivity contribution is -0.143. The molecule has 14 heavy (non-hydrogen) atoms. The zero-order valence-electron chi connectivity index (χ0n) is 7.67. The van der Waals surface area contributed by atoms with E-state index in [2.05, 4.69) is 10.3 Å². The number of alkyl halides is 3. The Balaban J connectivity index is 2.86. The number of nitrogens with two attached hydrogens (primary N) is 1. The van der Waals surface area contributed by atoms with Gasteiger partial charge < -0.3 is 5.73 Å². The summed E-state index contributed by atoms with van der Waals surface area (Å²) in [6, 6.07) is 0. The highest BCUT2D eigenvalue weighted by Crippen LogP contribution is 2.19. The van der Waals surface area contributed by atoms with Gasteiger partial charge in [0.2, 0.25) is 0 Å². The van der Waals surface area contributed by atoms with E-state index in [1.54, 1.807) is 0 Å². The first-order valence-corrected chi connectivity index (χ1v) is 4.18. The molecule has 1 aromatic rings. The van der Waals surface area contributed by atoms with Crippen LogP contribution in [-0.4, -0.2) is 21.2 Å². The second kappa shape index (κ2) is 3.85. The van der Waals surface area contributed by atoms with Crippen molar-refractivity contribution in [1.82, 2.24) is 15.0 Å². The van der Waals surface area contributed by atoms with Crippen LogP contribution in [0.5, 0.6) is 0 Å². The van der Waals surface area contributed by atoms with Crippen LogP contribution in [0.25, 0.3) is 0 Å². The van der Waals surface area contributed by atoms with E-state index in [1.807, 2.05) is 6.92 Å². The van der Waals surface area contributed by atoms with Crippen molar-refractivity contribution < 1.29 is 13.2 Å². The maximum Gasteiger partial charge on any atom is 0.408 e. The van der Waals surface area contributed by atoms with E-state index < -0.39 is 12.7 Å². The Labute approximate surface area is 78.9 Å². The van der Waals surface area contributed by atoms with E-state index >= 15 is 0 Å². The van der Waals surface area contributed by atoms with E-state index in [-0.39, 0.29) is 5.82 Å². The summed E-state index contributed by atoms with van der Waals surface area (Å²) in [7, 11) is 0. The van der Waals surface area contributed by atoms with E-state index in [4.69, 9.17) is 5.73 Å². The average molecular weight is 208 g/mol. The van der Waals surface area contributed by atoms with Gasteiger partial charge in [-0.2, -0.15) is 13.2 Å². The summed E-state index contributed by atoms with van der Waals surface area (Å²) in [4.78, 5) is 0. The molecule has 0 saturated carbocycles. The lowest BCUT2D eigenvalue weighted by atomic mass is 10.2. The minimum atomic E-state index is -4.29. The second-order valence-corrected chi connectivity index (χ2v) is 2.94. The van der Waals surface area contributed by atoms with E-state index in [0.29, 0.717) is 18.5 Å². The largest absolute Gasteiger partial charge is 0.408 e. The van der Waals surface area contributed by atoms with Crippen molar-refractivity contribution in [2.45, 2.75) is 32.5 Å². The Morgan fingerprint density at radius 2 is 2.07 bits per heavy atom. The zero-order valence-corrected chi connectivity index (χ0v) is 7.67. The topological polar surface area (TPSA) is 56.7 Å². The number of halogens is 3. The minimum Gasteiger partial charge on any atom is -0.381 e. The SMILES string of the molecule is CCCc1c(N)nnn1CC(F)(F)F. The normalized spacial score (nSPS) is 12.0. The molecule has 0 fully saturated rings. The van der Waals surface area contributed by atoms with Gasteiger partial charge in [-0.25, -0.2) is 4.68 Å². The molecular weight excluding hydrogens is 197 g/mol. The van der Waals surface area contributed by atoms with Gasteiger partial charge >= 0.3 is 6.18 Å². The lowest BCUT2D eigenvalue weighted by Crippen LogP contribution is -2.20. The number of rotatable bonds is 3. The zero-order chi connectivity index (χ0) is 10.8. The number of nitrogens with zero attached hydrogens (tertiary/aromatic N) is 3. The summed E-state index contributed by atoms with van der Waals surface area (Å²) in [6.45, 7) is 0.719. The molecule has 0 amide bonds. The fourth-order valence-corrected chi connectivity index (χ4v) is 1.14. The first kappa shape index (κ1) is 10.8. The smallest absolute Gasteiger partial charge is 0.381 e. The quantitative estimate of drug-likeness (QED) is 0.816. The van der Waals surface area contributed by atoms with E-state index in [0.717, 1.165) is 4.68 Å². The second-order valence-electron chi connectivity index (χ2n) is 2.94. The summed E-state index contributed by atoms with van der Waals surface area (Å²) in [5.41, 5.74) is 5.74. The molecule has 1 aromatic heterocycles. The number of hydrogen-bond donors (Lipinski definition) is 1. The first-order valence-electron chi connectivity index (χ1n) is 4.18. The van der Waals surface area contributed by atoms with Gasteiger partial charge in [0, 0.05) is 0 Å². The molecule has 0 radical (unpaired) electrons. The van der Waals surface area contributed by atoms with Crippen LogP contribution < -0.4 is 5.73 Å². The number of hydrogen-bond acceptors (Lipinski definition) is 3. The van der Waals surface area contributed by atoms with Gasteiger partial charge in [-0.1, -0.05) is 18.6 Å². The summed E-state index contributed by atoms with van der Waals surface area (Å²) in [6.07, 6.45) is -3.13. The Kier molecular flexibility index (Phi) is 2.97. The van der Waals surface area contributed by atoms with Crippen molar-refractivity contribution in [1.29, 1.82) is 0 Å². The van der Waals surface area contributed by atoms with Crippen LogP contribution in [0, 0.1) is 0 Å². The summed E-state index contributed by atoms with van der Waals surface area (Å²) < 4.78 is 36.9. The summed E-state index contributed by atoms with van der Waals surface area (Å²) in [5.74, 6) is 0.0797. The van der Waals surface area contributed by atoms with Gasteiger partial charge in [-0.3, -0.25) is 0 Å². The van der Waals surface area contributed by atoms with E-state index in [1.165, 1.54) is 0 Å². The molecule has 80 valence electrons. The van der Waals surface area contributed by atoms with Gasteiger partial charge in [0.1, 0.15) is 6.54 Å². The van der Waals surface area contributed by atoms with Crippen molar-refractivity contribution >= 4 is 5.82 Å². The standard InChI is InChI=1S/C7H11F3N4/c1-2-3-5-6(11)12-13-14(5)4-7(8,9)10/h2-4,11H2,1H3. The van der Waals surface area contributed by atoms with Gasteiger partial charge in [0.15, 0.2) is 5.82 Å². The molecule has 0 aromatic carbocycles. The third-order valence-corrected chi connectivity index (χ3v) is 1.68. The highest BCUT2D eigenvalue weighted by atomic mass is 19.4. The van der Waals surface area contributed by atoms with Crippen LogP contribution in [0.4, 0.5) is 19.0 Å². The molecule has 0 aliphatic heterocycles. The highest BCUT2D eigenvalue weighted by Gasteiger charge is 2.30. The molecule has 4 nitrogen and oxygen atoms in total. The fourth-order valence-electron chi connectivity index (χ4n) is 1.14. The molecule has 0 saturated heterocycles. The monoisotopic (exact) mass is 208 g/mol. The molecule has 1 heterocycles. The van der Waals surface area contributed by atoms with Crippen LogP contribution in [0.2, 0.25) is 0 Å². The summed E-state index contributed by atoms with van der Waals surface area (Å²) in [5, 5.41) is 6.75. The third-order valence-electron chi connectivity index (χ3n) is 1.68. The van der Waals surface area contributed by atoms with Crippen LogP contribution in [0.3, 0.4) is 0 Å². The molecule has 7 heteroatoms. The third kappa shape index (κ3) is 2.61. The maximum absolute atomic E-state index is 12.0. The molecule has 0 bridgehead atoms. The molecule has 0 unspecified atom stereocenters. The Hall–Kier alpha value is -1.27.